The zero-order chi connectivity index (χ0) is 17.2. The molecule has 0 heterocycles. The molecule has 0 saturated carbocycles. The molecule has 2 rings (SSSR count). The van der Waals surface area contributed by atoms with Gasteiger partial charge in [0.1, 0.15) is 0 Å². The topological polar surface area (TPSA) is 54.9 Å². The molecule has 136 valence electrons. The normalized spacial score (nSPS) is 10.6. The molecule has 2 aromatic rings. The molecular formula is C19H26IN3O2. The van der Waals surface area contributed by atoms with E-state index in [9.17, 15) is 0 Å². The number of halogens is 1. The van der Waals surface area contributed by atoms with Gasteiger partial charge in [-0.15, -0.1) is 24.0 Å². The van der Waals surface area contributed by atoms with Crippen molar-refractivity contribution in [3.05, 3.63) is 59.7 Å². The molecule has 0 bridgehead atoms. The van der Waals surface area contributed by atoms with E-state index in [1.54, 1.807) is 21.3 Å². The summed E-state index contributed by atoms with van der Waals surface area (Å²) in [5.74, 6) is 2.23. The molecule has 2 aromatic carbocycles. The summed E-state index contributed by atoms with van der Waals surface area (Å²) in [6, 6.07) is 16.2. The number of ether oxygens (including phenoxy) is 2. The van der Waals surface area contributed by atoms with E-state index < -0.39 is 0 Å². The van der Waals surface area contributed by atoms with Crippen LogP contribution in [0, 0.1) is 0 Å². The number of methoxy groups -OCH3 is 2. The first kappa shape index (κ1) is 21.1. The van der Waals surface area contributed by atoms with Crippen LogP contribution in [-0.2, 0) is 13.0 Å². The van der Waals surface area contributed by atoms with Crippen LogP contribution in [0.1, 0.15) is 11.1 Å². The molecule has 0 saturated heterocycles. The first-order chi connectivity index (χ1) is 11.8. The molecule has 0 unspecified atom stereocenters. The predicted molar refractivity (Wildman–Crippen MR) is 113 cm³/mol. The Morgan fingerprint density at radius 3 is 2.36 bits per heavy atom. The van der Waals surface area contributed by atoms with E-state index in [-0.39, 0.29) is 24.0 Å². The Balaban J connectivity index is 0.00000312. The lowest BCUT2D eigenvalue weighted by molar-refractivity contribution is 0.351. The molecule has 0 aliphatic heterocycles. The van der Waals surface area contributed by atoms with Crippen LogP contribution in [0.3, 0.4) is 0 Å². The van der Waals surface area contributed by atoms with Crippen LogP contribution in [0.5, 0.6) is 11.5 Å². The molecule has 0 spiro atoms. The summed E-state index contributed by atoms with van der Waals surface area (Å²) in [5.41, 5.74) is 2.32. The zero-order valence-corrected chi connectivity index (χ0v) is 17.2. The van der Waals surface area contributed by atoms with Crippen LogP contribution in [0.4, 0.5) is 0 Å². The smallest absolute Gasteiger partial charge is 0.191 e. The van der Waals surface area contributed by atoms with Gasteiger partial charge in [0.2, 0.25) is 0 Å². The first-order valence-electron chi connectivity index (χ1n) is 7.96. The molecule has 0 amide bonds. The van der Waals surface area contributed by atoms with Gasteiger partial charge >= 0.3 is 0 Å². The van der Waals surface area contributed by atoms with Gasteiger partial charge in [-0.2, -0.15) is 0 Å². The Morgan fingerprint density at radius 2 is 1.72 bits per heavy atom. The summed E-state index contributed by atoms with van der Waals surface area (Å²) >= 11 is 0. The number of aliphatic imine (C=N–C) groups is 1. The van der Waals surface area contributed by atoms with Crippen molar-refractivity contribution in [3.63, 3.8) is 0 Å². The van der Waals surface area contributed by atoms with Crippen molar-refractivity contribution in [1.82, 2.24) is 10.6 Å². The molecule has 5 nitrogen and oxygen atoms in total. The van der Waals surface area contributed by atoms with E-state index in [4.69, 9.17) is 9.47 Å². The lowest BCUT2D eigenvalue weighted by atomic mass is 10.1. The Bertz CT molecular complexity index is 663. The van der Waals surface area contributed by atoms with Crippen LogP contribution in [-0.4, -0.2) is 33.8 Å². The third kappa shape index (κ3) is 6.45. The van der Waals surface area contributed by atoms with Gasteiger partial charge in [-0.05, 0) is 18.1 Å². The maximum absolute atomic E-state index is 5.45. The van der Waals surface area contributed by atoms with Gasteiger partial charge in [-0.1, -0.05) is 42.5 Å². The summed E-state index contributed by atoms with van der Waals surface area (Å²) in [5, 5.41) is 6.62. The average Bonchev–Trinajstić information content (AvgIpc) is 2.64. The van der Waals surface area contributed by atoms with Gasteiger partial charge in [-0.25, -0.2) is 0 Å². The summed E-state index contributed by atoms with van der Waals surface area (Å²) in [6.07, 6.45) is 0.948. The Labute approximate surface area is 166 Å². The Kier molecular flexibility index (Phi) is 9.76. The summed E-state index contributed by atoms with van der Waals surface area (Å²) in [7, 11) is 5.05. The van der Waals surface area contributed by atoms with E-state index in [0.29, 0.717) is 6.54 Å². The molecule has 0 radical (unpaired) electrons. The number of nitrogens with zero attached hydrogens (tertiary/aromatic N) is 1. The number of benzene rings is 2. The van der Waals surface area contributed by atoms with Crippen LogP contribution in [0.2, 0.25) is 0 Å². The highest BCUT2D eigenvalue weighted by Crippen LogP contribution is 2.30. The second-order valence-corrected chi connectivity index (χ2v) is 5.24. The molecule has 6 heteroatoms. The van der Waals surface area contributed by atoms with Gasteiger partial charge in [0.25, 0.3) is 0 Å². The van der Waals surface area contributed by atoms with Crippen LogP contribution in [0.25, 0.3) is 0 Å². The molecule has 0 aromatic heterocycles. The van der Waals surface area contributed by atoms with Gasteiger partial charge in [0.05, 0.1) is 14.2 Å². The van der Waals surface area contributed by atoms with Crippen LogP contribution < -0.4 is 20.1 Å². The number of hydrogen-bond donors (Lipinski definition) is 2. The maximum Gasteiger partial charge on any atom is 0.191 e. The zero-order valence-electron chi connectivity index (χ0n) is 14.9. The fraction of sp³-hybridized carbons (Fsp3) is 0.316. The third-order valence-electron chi connectivity index (χ3n) is 3.70. The maximum atomic E-state index is 5.45. The molecular weight excluding hydrogens is 429 g/mol. The summed E-state index contributed by atoms with van der Waals surface area (Å²) in [4.78, 5) is 4.25. The standard InChI is InChI=1S/C19H25N3O2.HI/c1-20-19(21-13-12-15-8-5-4-6-9-15)22-14-16-10-7-11-17(23-2)18(16)24-3;/h4-11H,12-14H2,1-3H3,(H2,20,21,22);1H. The SMILES string of the molecule is CN=C(NCCc1ccccc1)NCc1cccc(OC)c1OC.I. The molecule has 25 heavy (non-hydrogen) atoms. The minimum absolute atomic E-state index is 0. The second-order valence-electron chi connectivity index (χ2n) is 5.24. The van der Waals surface area contributed by atoms with Crippen molar-refractivity contribution in [2.75, 3.05) is 27.8 Å². The van der Waals surface area contributed by atoms with Crippen molar-refractivity contribution in [2.24, 2.45) is 4.99 Å². The monoisotopic (exact) mass is 455 g/mol. The van der Waals surface area contributed by atoms with Crippen molar-refractivity contribution >= 4 is 29.9 Å². The number of rotatable bonds is 7. The highest BCUT2D eigenvalue weighted by atomic mass is 127. The van der Waals surface area contributed by atoms with E-state index in [1.165, 1.54) is 5.56 Å². The minimum atomic E-state index is 0. The fourth-order valence-electron chi connectivity index (χ4n) is 2.46. The lowest BCUT2D eigenvalue weighted by Crippen LogP contribution is -2.37. The summed E-state index contributed by atoms with van der Waals surface area (Å²) in [6.45, 7) is 1.42. The third-order valence-corrected chi connectivity index (χ3v) is 3.70. The highest BCUT2D eigenvalue weighted by molar-refractivity contribution is 14.0. The molecule has 0 aliphatic rings. The largest absolute Gasteiger partial charge is 0.493 e. The number of hydrogen-bond acceptors (Lipinski definition) is 3. The Hall–Kier alpha value is -1.96. The minimum Gasteiger partial charge on any atom is -0.493 e. The fourth-order valence-corrected chi connectivity index (χ4v) is 2.46. The van der Waals surface area contributed by atoms with Crippen molar-refractivity contribution in [2.45, 2.75) is 13.0 Å². The van der Waals surface area contributed by atoms with E-state index in [0.717, 1.165) is 36.0 Å². The van der Waals surface area contributed by atoms with E-state index in [1.807, 2.05) is 24.3 Å². The van der Waals surface area contributed by atoms with Gasteiger partial charge < -0.3 is 20.1 Å². The second kappa shape index (κ2) is 11.6. The van der Waals surface area contributed by atoms with Crippen molar-refractivity contribution < 1.29 is 9.47 Å². The molecule has 0 aliphatic carbocycles. The highest BCUT2D eigenvalue weighted by Gasteiger charge is 2.09. The molecule has 0 atom stereocenters. The van der Waals surface area contributed by atoms with Crippen molar-refractivity contribution in [3.8, 4) is 11.5 Å². The number of guanidine groups is 1. The summed E-state index contributed by atoms with van der Waals surface area (Å²) < 4.78 is 10.8. The van der Waals surface area contributed by atoms with Gasteiger partial charge in [-0.3, -0.25) is 4.99 Å². The lowest BCUT2D eigenvalue weighted by Gasteiger charge is -2.15. The van der Waals surface area contributed by atoms with E-state index in [2.05, 4.69) is 39.9 Å². The number of nitrogens with one attached hydrogen (secondary N) is 2. The quantitative estimate of drug-likeness (QED) is 0.383. The Morgan fingerprint density at radius 1 is 0.960 bits per heavy atom. The van der Waals surface area contributed by atoms with Crippen LogP contribution >= 0.6 is 24.0 Å². The predicted octanol–water partition coefficient (Wildman–Crippen LogP) is 3.23. The first-order valence-corrected chi connectivity index (χ1v) is 7.96. The molecule has 2 N–H and O–H groups in total. The number of para-hydroxylation sites is 1. The van der Waals surface area contributed by atoms with Gasteiger partial charge in [0, 0.05) is 25.7 Å². The van der Waals surface area contributed by atoms with Crippen LogP contribution in [0.15, 0.2) is 53.5 Å². The molecule has 0 fully saturated rings. The average molecular weight is 455 g/mol. The van der Waals surface area contributed by atoms with Crippen molar-refractivity contribution in [1.29, 1.82) is 0 Å². The van der Waals surface area contributed by atoms with E-state index >= 15 is 0 Å². The van der Waals surface area contributed by atoms with Gasteiger partial charge in [0.15, 0.2) is 17.5 Å².